The molecule has 0 aromatic heterocycles. The van der Waals surface area contributed by atoms with E-state index < -0.39 is 0 Å². The van der Waals surface area contributed by atoms with Crippen molar-refractivity contribution in [3.8, 4) is 5.75 Å². The van der Waals surface area contributed by atoms with Gasteiger partial charge in [0, 0.05) is 24.2 Å². The Morgan fingerprint density at radius 1 is 1.30 bits per heavy atom. The molecular weight excluding hydrogens is 272 g/mol. The van der Waals surface area contributed by atoms with Crippen LogP contribution in [0.25, 0.3) is 0 Å². The highest BCUT2D eigenvalue weighted by Gasteiger charge is 2.15. The molecule has 2 rings (SSSR count). The lowest BCUT2D eigenvalue weighted by molar-refractivity contribution is 0.190. The van der Waals surface area contributed by atoms with Crippen LogP contribution in [0.2, 0.25) is 5.02 Å². The number of hydrogen-bond donors (Lipinski definition) is 1. The topological polar surface area (TPSA) is 24.5 Å². The number of hydrogen-bond acceptors (Lipinski definition) is 3. The maximum Gasteiger partial charge on any atom is 0.119 e. The Morgan fingerprint density at radius 3 is 2.75 bits per heavy atom. The maximum absolute atomic E-state index is 5.86. The molecule has 1 aliphatic heterocycles. The summed E-state index contributed by atoms with van der Waals surface area (Å²) in [6, 6.07) is 8.21. The van der Waals surface area contributed by atoms with Gasteiger partial charge in [-0.25, -0.2) is 0 Å². The first kappa shape index (κ1) is 15.6. The van der Waals surface area contributed by atoms with E-state index in [1.54, 1.807) is 0 Å². The standard InChI is InChI=1S/C16H25ClN2O/c1-2-19(13-15-5-3-4-10-18-15)11-12-20-16-8-6-14(17)7-9-16/h6-9,15,18H,2-5,10-13H2,1H3. The summed E-state index contributed by atoms with van der Waals surface area (Å²) < 4.78 is 5.76. The molecule has 0 amide bonds. The first-order chi connectivity index (χ1) is 9.78. The number of piperidine rings is 1. The third-order valence-corrected chi connectivity index (χ3v) is 4.08. The van der Waals surface area contributed by atoms with Gasteiger partial charge in [-0.3, -0.25) is 4.90 Å². The van der Waals surface area contributed by atoms with Gasteiger partial charge in [0.1, 0.15) is 12.4 Å². The molecule has 1 aliphatic rings. The van der Waals surface area contributed by atoms with Gasteiger partial charge >= 0.3 is 0 Å². The summed E-state index contributed by atoms with van der Waals surface area (Å²) >= 11 is 5.86. The van der Waals surface area contributed by atoms with Crippen LogP contribution in [0.1, 0.15) is 26.2 Å². The highest BCUT2D eigenvalue weighted by molar-refractivity contribution is 6.30. The fourth-order valence-electron chi connectivity index (χ4n) is 2.59. The van der Waals surface area contributed by atoms with Crippen LogP contribution in [-0.4, -0.2) is 43.7 Å². The molecular formula is C16H25ClN2O. The zero-order chi connectivity index (χ0) is 14.2. The van der Waals surface area contributed by atoms with Crippen molar-refractivity contribution in [3.05, 3.63) is 29.3 Å². The molecule has 1 aromatic carbocycles. The van der Waals surface area contributed by atoms with Gasteiger partial charge in [-0.1, -0.05) is 24.9 Å². The average molecular weight is 297 g/mol. The van der Waals surface area contributed by atoms with E-state index >= 15 is 0 Å². The molecule has 1 saturated heterocycles. The van der Waals surface area contributed by atoms with E-state index in [-0.39, 0.29) is 0 Å². The van der Waals surface area contributed by atoms with Crippen LogP contribution < -0.4 is 10.1 Å². The van der Waals surface area contributed by atoms with Crippen molar-refractivity contribution in [1.29, 1.82) is 0 Å². The van der Waals surface area contributed by atoms with Crippen molar-refractivity contribution in [2.45, 2.75) is 32.2 Å². The van der Waals surface area contributed by atoms with Gasteiger partial charge in [0.2, 0.25) is 0 Å². The lowest BCUT2D eigenvalue weighted by Gasteiger charge is -2.29. The summed E-state index contributed by atoms with van der Waals surface area (Å²) in [6.45, 7) is 7.27. The normalized spacial score (nSPS) is 19.2. The van der Waals surface area contributed by atoms with Crippen LogP contribution in [0.5, 0.6) is 5.75 Å². The van der Waals surface area contributed by atoms with Crippen molar-refractivity contribution in [3.63, 3.8) is 0 Å². The van der Waals surface area contributed by atoms with E-state index in [2.05, 4.69) is 17.1 Å². The zero-order valence-corrected chi connectivity index (χ0v) is 13.0. The predicted octanol–water partition coefficient (Wildman–Crippen LogP) is 3.18. The Labute approximate surface area is 127 Å². The van der Waals surface area contributed by atoms with Crippen molar-refractivity contribution in [2.75, 3.05) is 32.8 Å². The molecule has 0 radical (unpaired) electrons. The Hall–Kier alpha value is -0.770. The van der Waals surface area contributed by atoms with Crippen molar-refractivity contribution in [2.24, 2.45) is 0 Å². The number of nitrogens with zero attached hydrogens (tertiary/aromatic N) is 1. The molecule has 1 aromatic rings. The van der Waals surface area contributed by atoms with Crippen LogP contribution in [0.3, 0.4) is 0 Å². The first-order valence-corrected chi connectivity index (χ1v) is 8.00. The summed E-state index contributed by atoms with van der Waals surface area (Å²) in [5.74, 6) is 0.890. The van der Waals surface area contributed by atoms with E-state index in [0.29, 0.717) is 6.04 Å². The molecule has 1 N–H and O–H groups in total. The molecule has 1 atom stereocenters. The van der Waals surface area contributed by atoms with Gasteiger partial charge in [0.25, 0.3) is 0 Å². The number of nitrogens with one attached hydrogen (secondary N) is 1. The van der Waals surface area contributed by atoms with Crippen molar-refractivity contribution < 1.29 is 4.74 Å². The van der Waals surface area contributed by atoms with Gasteiger partial charge in [-0.15, -0.1) is 0 Å². The van der Waals surface area contributed by atoms with Crippen LogP contribution in [0.4, 0.5) is 0 Å². The second kappa shape index (κ2) is 8.50. The maximum atomic E-state index is 5.86. The summed E-state index contributed by atoms with van der Waals surface area (Å²) in [5, 5.41) is 4.35. The molecule has 3 nitrogen and oxygen atoms in total. The Balaban J connectivity index is 1.68. The van der Waals surface area contributed by atoms with Crippen molar-refractivity contribution >= 4 is 11.6 Å². The van der Waals surface area contributed by atoms with Crippen LogP contribution >= 0.6 is 11.6 Å². The van der Waals surface area contributed by atoms with E-state index in [1.165, 1.54) is 25.8 Å². The van der Waals surface area contributed by atoms with Crippen LogP contribution in [0.15, 0.2) is 24.3 Å². The minimum absolute atomic E-state index is 0.652. The summed E-state index contributed by atoms with van der Waals surface area (Å²) in [7, 11) is 0. The number of benzene rings is 1. The second-order valence-electron chi connectivity index (χ2n) is 5.34. The van der Waals surface area contributed by atoms with Gasteiger partial charge in [-0.05, 0) is 50.2 Å². The largest absolute Gasteiger partial charge is 0.492 e. The molecule has 0 saturated carbocycles. The molecule has 112 valence electrons. The number of likely N-dealkylation sites (N-methyl/N-ethyl adjacent to an activating group) is 1. The Morgan fingerprint density at radius 2 is 2.10 bits per heavy atom. The zero-order valence-electron chi connectivity index (χ0n) is 12.3. The minimum atomic E-state index is 0.652. The lowest BCUT2D eigenvalue weighted by atomic mass is 10.0. The third kappa shape index (κ3) is 5.31. The van der Waals surface area contributed by atoms with Gasteiger partial charge in [-0.2, -0.15) is 0 Å². The molecule has 1 heterocycles. The summed E-state index contributed by atoms with van der Waals surface area (Å²) in [4.78, 5) is 2.46. The molecule has 4 heteroatoms. The number of ether oxygens (including phenoxy) is 1. The second-order valence-corrected chi connectivity index (χ2v) is 5.78. The summed E-state index contributed by atoms with van der Waals surface area (Å²) in [6.07, 6.45) is 3.98. The SMILES string of the molecule is CCN(CCOc1ccc(Cl)cc1)CC1CCCCN1. The Kier molecular flexibility index (Phi) is 6.64. The fraction of sp³-hybridized carbons (Fsp3) is 0.625. The third-order valence-electron chi connectivity index (χ3n) is 3.83. The van der Waals surface area contributed by atoms with E-state index in [0.717, 1.165) is 37.0 Å². The molecule has 0 spiro atoms. The van der Waals surface area contributed by atoms with Crippen LogP contribution in [-0.2, 0) is 0 Å². The molecule has 0 aliphatic carbocycles. The number of rotatable bonds is 7. The van der Waals surface area contributed by atoms with Gasteiger partial charge < -0.3 is 10.1 Å². The quantitative estimate of drug-likeness (QED) is 0.836. The van der Waals surface area contributed by atoms with E-state index in [9.17, 15) is 0 Å². The molecule has 1 unspecified atom stereocenters. The first-order valence-electron chi connectivity index (χ1n) is 7.62. The monoisotopic (exact) mass is 296 g/mol. The van der Waals surface area contributed by atoms with Crippen LogP contribution in [0, 0.1) is 0 Å². The minimum Gasteiger partial charge on any atom is -0.492 e. The summed E-state index contributed by atoms with van der Waals surface area (Å²) in [5.41, 5.74) is 0. The van der Waals surface area contributed by atoms with Crippen molar-refractivity contribution in [1.82, 2.24) is 10.2 Å². The average Bonchev–Trinajstić information content (AvgIpc) is 2.49. The van der Waals surface area contributed by atoms with Gasteiger partial charge in [0.05, 0.1) is 0 Å². The highest BCUT2D eigenvalue weighted by Crippen LogP contribution is 2.15. The van der Waals surface area contributed by atoms with Gasteiger partial charge in [0.15, 0.2) is 0 Å². The highest BCUT2D eigenvalue weighted by atomic mass is 35.5. The molecule has 1 fully saturated rings. The Bertz CT molecular complexity index is 377. The molecule has 20 heavy (non-hydrogen) atoms. The molecule has 0 bridgehead atoms. The lowest BCUT2D eigenvalue weighted by Crippen LogP contribution is -2.44. The predicted molar refractivity (Wildman–Crippen MR) is 84.7 cm³/mol. The van der Waals surface area contributed by atoms with E-state index in [1.807, 2.05) is 24.3 Å². The van der Waals surface area contributed by atoms with E-state index in [4.69, 9.17) is 16.3 Å². The number of halogens is 1. The smallest absolute Gasteiger partial charge is 0.119 e. The fourth-order valence-corrected chi connectivity index (χ4v) is 2.72.